The fourth-order valence-electron chi connectivity index (χ4n) is 8.68. The van der Waals surface area contributed by atoms with Gasteiger partial charge in [0.15, 0.2) is 6.10 Å². The van der Waals surface area contributed by atoms with Gasteiger partial charge in [0, 0.05) is 19.3 Å². The van der Waals surface area contributed by atoms with Gasteiger partial charge in [-0.1, -0.05) is 211 Å². The summed E-state index contributed by atoms with van der Waals surface area (Å²) in [5, 5.41) is 65.7. The number of hydrogen-bond donors (Lipinski definition) is 6. The number of allylic oxidation sites excluding steroid dienone is 6. The van der Waals surface area contributed by atoms with E-state index in [9.17, 15) is 45.0 Å². The zero-order valence-electron chi connectivity index (χ0n) is 46.2. The first kappa shape index (κ1) is 69.4. The Labute approximate surface area is 439 Å². The van der Waals surface area contributed by atoms with E-state index in [1.54, 1.807) is 0 Å². The molecule has 422 valence electrons. The topological polar surface area (TPSA) is 200 Å². The summed E-state index contributed by atoms with van der Waals surface area (Å²) in [5.74, 6) is -11.0. The van der Waals surface area contributed by atoms with Gasteiger partial charge in [0.1, 0.15) is 12.2 Å². The maximum atomic E-state index is 13.3. The maximum absolute atomic E-state index is 13.3. The Morgan fingerprint density at radius 1 is 0.375 bits per heavy atom. The molecule has 0 bridgehead atoms. The molecule has 0 aromatic carbocycles. The fraction of sp³-hybridized carbons (Fsp3) is 0.850. The summed E-state index contributed by atoms with van der Waals surface area (Å²) in [4.78, 5) is 40.0. The van der Waals surface area contributed by atoms with Gasteiger partial charge in [0.25, 0.3) is 0 Å². The van der Waals surface area contributed by atoms with Crippen LogP contribution < -0.4 is 0 Å². The van der Waals surface area contributed by atoms with E-state index in [1.807, 2.05) is 0 Å². The zero-order valence-corrected chi connectivity index (χ0v) is 46.2. The molecular formula is C60H110O12. The van der Waals surface area contributed by atoms with Crippen molar-refractivity contribution >= 4 is 17.9 Å². The predicted octanol–water partition coefficient (Wildman–Crippen LogP) is 14.1. The molecule has 0 aliphatic heterocycles. The Morgan fingerprint density at radius 2 is 0.611 bits per heavy atom. The van der Waals surface area contributed by atoms with Gasteiger partial charge in [0.2, 0.25) is 0 Å². The smallest absolute Gasteiger partial charge is 0.419 e. The highest BCUT2D eigenvalue weighted by atomic mass is 16.9. The Kier molecular flexibility index (Phi) is 47.5. The molecule has 0 heterocycles. The monoisotopic (exact) mass is 1020 g/mol. The number of ether oxygens (including phenoxy) is 3. The molecule has 0 amide bonds. The van der Waals surface area contributed by atoms with Gasteiger partial charge in [-0.15, -0.1) is 0 Å². The number of carbonyl (C=O) groups is 3. The van der Waals surface area contributed by atoms with Gasteiger partial charge in [-0.25, -0.2) is 0 Å². The molecule has 0 aliphatic rings. The Hall–Kier alpha value is -2.61. The number of esters is 3. The molecule has 6 N–H and O–H groups in total. The molecule has 12 nitrogen and oxygen atoms in total. The molecule has 0 fully saturated rings. The second-order valence-electron chi connectivity index (χ2n) is 20.4. The van der Waals surface area contributed by atoms with Crippen molar-refractivity contribution < 1.29 is 59.2 Å². The van der Waals surface area contributed by atoms with Crippen LogP contribution >= 0.6 is 0 Å². The fourth-order valence-corrected chi connectivity index (χ4v) is 8.68. The molecule has 0 aromatic rings. The van der Waals surface area contributed by atoms with E-state index in [1.165, 1.54) is 116 Å². The van der Waals surface area contributed by atoms with Crippen LogP contribution in [0.1, 0.15) is 290 Å². The van der Waals surface area contributed by atoms with Crippen LogP contribution in [0.4, 0.5) is 0 Å². The second kappa shape index (κ2) is 49.3. The van der Waals surface area contributed by atoms with Gasteiger partial charge in [-0.3, -0.25) is 14.4 Å². The highest BCUT2D eigenvalue weighted by molar-refractivity contribution is 5.73. The van der Waals surface area contributed by atoms with Crippen molar-refractivity contribution in [1.82, 2.24) is 0 Å². The minimum Gasteiger partial charge on any atom is -0.419 e. The van der Waals surface area contributed by atoms with Gasteiger partial charge in [0.05, 0.1) is 6.61 Å². The van der Waals surface area contributed by atoms with Crippen LogP contribution in [0, 0.1) is 0 Å². The van der Waals surface area contributed by atoms with Crippen molar-refractivity contribution in [2.24, 2.45) is 0 Å². The third kappa shape index (κ3) is 38.0. The quantitative estimate of drug-likeness (QED) is 0.0146. The molecule has 0 aromatic heterocycles. The minimum atomic E-state index is -3.83. The highest BCUT2D eigenvalue weighted by Gasteiger charge is 2.67. The molecule has 12 heteroatoms. The SMILES string of the molecule is CCCCCCCC/C=C\CCCCCCCC(=O)OC(O)(OC(=O)CCCCCCC/C=C\CCCCCCCC)[C@](O)(OC(=O)CCCCCCC/C=C\CCCCCCCC)[C@H](O)[C@H](O)[C@H](O)CO. The molecule has 0 aliphatic carbocycles. The molecule has 0 spiro atoms. The summed E-state index contributed by atoms with van der Waals surface area (Å²) < 4.78 is 15.7. The first-order valence-corrected chi connectivity index (χ1v) is 29.6. The van der Waals surface area contributed by atoms with E-state index in [2.05, 4.69) is 57.2 Å². The lowest BCUT2D eigenvalue weighted by Gasteiger charge is -2.43. The standard InChI is InChI=1S/C60H110O12/c1-4-7-10-13-16-19-22-25-28-31-34-37-40-43-46-49-54(63)70-59(68,58(67)57(66)53(62)52-61)60(69,71-55(64)50-47-44-41-38-35-32-29-26-23-20-17-14-11-8-5-2)72-56(65)51-48-45-42-39-36-33-30-27-24-21-18-15-12-9-6-3/h25-30,53,57-58,61-62,66-69H,4-24,31-52H2,1-3H3/b28-25-,29-26-,30-27-/t53-,57-,58-,59-/m1/s1. The third-order valence-electron chi connectivity index (χ3n) is 13.5. The van der Waals surface area contributed by atoms with Gasteiger partial charge in [-0.2, -0.15) is 0 Å². The lowest BCUT2D eigenvalue weighted by Crippen LogP contribution is -2.70. The van der Waals surface area contributed by atoms with E-state index in [0.29, 0.717) is 38.5 Å². The van der Waals surface area contributed by atoms with E-state index in [4.69, 9.17) is 14.2 Å². The van der Waals surface area contributed by atoms with Crippen LogP contribution in [0.3, 0.4) is 0 Å². The predicted molar refractivity (Wildman–Crippen MR) is 292 cm³/mol. The number of unbranched alkanes of at least 4 members (excludes halogenated alkanes) is 33. The van der Waals surface area contributed by atoms with Crippen molar-refractivity contribution in [1.29, 1.82) is 0 Å². The average molecular weight is 1020 g/mol. The lowest BCUT2D eigenvalue weighted by molar-refractivity contribution is -0.465. The number of aliphatic hydroxyl groups excluding tert-OH is 4. The first-order valence-electron chi connectivity index (χ1n) is 29.6. The Balaban J connectivity index is 5.53. The van der Waals surface area contributed by atoms with Crippen molar-refractivity contribution in [2.75, 3.05) is 6.61 Å². The average Bonchev–Trinajstić information content (AvgIpc) is 3.36. The molecule has 0 saturated heterocycles. The van der Waals surface area contributed by atoms with E-state index < -0.39 is 54.6 Å². The maximum Gasteiger partial charge on any atom is 0.446 e. The van der Waals surface area contributed by atoms with Gasteiger partial charge < -0.3 is 44.8 Å². The van der Waals surface area contributed by atoms with Crippen LogP contribution in [0.2, 0.25) is 0 Å². The summed E-state index contributed by atoms with van der Waals surface area (Å²) in [5.41, 5.74) is 0. The molecule has 0 rings (SSSR count). The summed E-state index contributed by atoms with van der Waals surface area (Å²) >= 11 is 0. The van der Waals surface area contributed by atoms with E-state index in [-0.39, 0.29) is 19.3 Å². The van der Waals surface area contributed by atoms with Crippen LogP contribution in [0.25, 0.3) is 0 Å². The highest BCUT2D eigenvalue weighted by Crippen LogP contribution is 2.35. The Morgan fingerprint density at radius 3 is 0.875 bits per heavy atom. The van der Waals surface area contributed by atoms with Crippen LogP contribution in [-0.4, -0.2) is 85.2 Å². The molecule has 0 saturated carbocycles. The van der Waals surface area contributed by atoms with Crippen molar-refractivity contribution in [3.8, 4) is 0 Å². The molecule has 0 radical (unpaired) electrons. The first-order chi connectivity index (χ1) is 34.9. The number of aliphatic hydroxyl groups is 6. The summed E-state index contributed by atoms with van der Waals surface area (Å²) in [6.45, 7) is 5.57. The van der Waals surface area contributed by atoms with E-state index >= 15 is 0 Å². The van der Waals surface area contributed by atoms with Crippen molar-refractivity contribution in [3.63, 3.8) is 0 Å². The number of carbonyl (C=O) groups excluding carboxylic acids is 3. The van der Waals surface area contributed by atoms with Gasteiger partial charge >= 0.3 is 29.7 Å². The van der Waals surface area contributed by atoms with Gasteiger partial charge in [-0.05, 0) is 96.3 Å². The minimum absolute atomic E-state index is 0.275. The lowest BCUT2D eigenvalue weighted by atomic mass is 9.97. The molecule has 72 heavy (non-hydrogen) atoms. The number of hydrogen-bond acceptors (Lipinski definition) is 12. The Bertz CT molecular complexity index is 1300. The summed E-state index contributed by atoms with van der Waals surface area (Å²) in [6, 6.07) is 0. The largest absolute Gasteiger partial charge is 0.446 e. The molecule has 4 atom stereocenters. The molecular weight excluding hydrogens is 913 g/mol. The zero-order chi connectivity index (χ0) is 53.2. The molecule has 0 unspecified atom stereocenters. The second-order valence-corrected chi connectivity index (χ2v) is 20.4. The van der Waals surface area contributed by atoms with Crippen LogP contribution in [0.15, 0.2) is 36.5 Å². The van der Waals surface area contributed by atoms with Crippen molar-refractivity contribution in [3.05, 3.63) is 36.5 Å². The van der Waals surface area contributed by atoms with Crippen LogP contribution in [-0.2, 0) is 28.6 Å². The summed E-state index contributed by atoms with van der Waals surface area (Å²) in [6.07, 6.45) is 45.5. The summed E-state index contributed by atoms with van der Waals surface area (Å²) in [7, 11) is 0. The van der Waals surface area contributed by atoms with Crippen molar-refractivity contribution in [2.45, 2.75) is 321 Å². The normalized spacial score (nSPS) is 14.3. The third-order valence-corrected chi connectivity index (χ3v) is 13.5. The number of rotatable bonds is 53. The van der Waals surface area contributed by atoms with Crippen LogP contribution in [0.5, 0.6) is 0 Å². The van der Waals surface area contributed by atoms with E-state index in [0.717, 1.165) is 96.3 Å².